The second-order valence-corrected chi connectivity index (χ2v) is 7.08. The highest BCUT2D eigenvalue weighted by Crippen LogP contribution is 2.27. The summed E-state index contributed by atoms with van der Waals surface area (Å²) in [6.07, 6.45) is 10.1. The van der Waals surface area contributed by atoms with Crippen LogP contribution in [0.25, 0.3) is 22.9 Å². The van der Waals surface area contributed by atoms with Crippen molar-refractivity contribution in [1.29, 1.82) is 0 Å². The largest absolute Gasteiger partial charge is 0.336 e. The predicted octanol–water partition coefficient (Wildman–Crippen LogP) is 4.81. The summed E-state index contributed by atoms with van der Waals surface area (Å²) < 4.78 is 1.88. The zero-order valence-corrected chi connectivity index (χ0v) is 15.7. The smallest absolute Gasteiger partial charge is 0.246 e. The molecular formula is C23H25N3O. The summed E-state index contributed by atoms with van der Waals surface area (Å²) in [5.41, 5.74) is 3.94. The first-order valence-electron chi connectivity index (χ1n) is 9.79. The van der Waals surface area contributed by atoms with Crippen LogP contribution in [0, 0.1) is 0 Å². The molecule has 3 heterocycles. The fourth-order valence-electron chi connectivity index (χ4n) is 3.96. The molecule has 138 valence electrons. The molecule has 1 saturated heterocycles. The molecule has 0 radical (unpaired) electrons. The average Bonchev–Trinajstić information content (AvgIpc) is 3.11. The van der Waals surface area contributed by atoms with E-state index in [0.29, 0.717) is 6.04 Å². The molecule has 0 aliphatic carbocycles. The van der Waals surface area contributed by atoms with Crippen LogP contribution in [0.1, 0.15) is 38.2 Å². The third-order valence-electron chi connectivity index (χ3n) is 5.40. The van der Waals surface area contributed by atoms with E-state index in [0.717, 1.165) is 48.1 Å². The fraction of sp³-hybridized carbons (Fsp3) is 0.304. The van der Waals surface area contributed by atoms with E-state index in [4.69, 9.17) is 5.10 Å². The van der Waals surface area contributed by atoms with Crippen LogP contribution in [0.5, 0.6) is 0 Å². The van der Waals surface area contributed by atoms with Crippen molar-refractivity contribution in [2.24, 2.45) is 0 Å². The maximum Gasteiger partial charge on any atom is 0.246 e. The Bertz CT molecular complexity index is 958. The van der Waals surface area contributed by atoms with Gasteiger partial charge in [0, 0.05) is 36.0 Å². The Balaban J connectivity index is 1.70. The van der Waals surface area contributed by atoms with Gasteiger partial charge < -0.3 is 4.90 Å². The number of benzene rings is 1. The van der Waals surface area contributed by atoms with E-state index in [9.17, 15) is 4.79 Å². The number of aromatic nitrogens is 2. The highest BCUT2D eigenvalue weighted by Gasteiger charge is 2.23. The molecule has 4 heteroatoms. The number of hydrogen-bond donors (Lipinski definition) is 0. The van der Waals surface area contributed by atoms with Crippen LogP contribution in [0.2, 0.25) is 0 Å². The second-order valence-electron chi connectivity index (χ2n) is 7.08. The van der Waals surface area contributed by atoms with Crippen LogP contribution >= 0.6 is 0 Å². The average molecular weight is 359 g/mol. The van der Waals surface area contributed by atoms with Crippen LogP contribution in [0.4, 0.5) is 0 Å². The van der Waals surface area contributed by atoms with Crippen LogP contribution in [-0.2, 0) is 4.79 Å². The molecule has 0 spiro atoms. The van der Waals surface area contributed by atoms with Crippen LogP contribution in [-0.4, -0.2) is 33.0 Å². The Kier molecular flexibility index (Phi) is 5.05. The van der Waals surface area contributed by atoms with E-state index < -0.39 is 0 Å². The molecular weight excluding hydrogens is 334 g/mol. The van der Waals surface area contributed by atoms with Gasteiger partial charge in [0.25, 0.3) is 0 Å². The van der Waals surface area contributed by atoms with Crippen molar-refractivity contribution in [3.8, 4) is 11.3 Å². The van der Waals surface area contributed by atoms with Crippen LogP contribution in [0.3, 0.4) is 0 Å². The summed E-state index contributed by atoms with van der Waals surface area (Å²) in [7, 11) is 0. The predicted molar refractivity (Wildman–Crippen MR) is 109 cm³/mol. The monoisotopic (exact) mass is 359 g/mol. The highest BCUT2D eigenvalue weighted by atomic mass is 16.2. The minimum atomic E-state index is 0.107. The maximum absolute atomic E-state index is 12.9. The van der Waals surface area contributed by atoms with Crippen molar-refractivity contribution >= 4 is 17.5 Å². The first-order chi connectivity index (χ1) is 13.3. The zero-order valence-electron chi connectivity index (χ0n) is 15.7. The lowest BCUT2D eigenvalue weighted by molar-refractivity contribution is -0.129. The molecule has 1 atom stereocenters. The van der Waals surface area contributed by atoms with Crippen molar-refractivity contribution in [2.45, 2.75) is 38.6 Å². The molecule has 0 bridgehead atoms. The van der Waals surface area contributed by atoms with Crippen LogP contribution < -0.4 is 0 Å². The summed E-state index contributed by atoms with van der Waals surface area (Å²) in [5, 5.41) is 4.75. The minimum absolute atomic E-state index is 0.107. The quantitative estimate of drug-likeness (QED) is 0.627. The molecule has 4 rings (SSSR count). The number of nitrogens with zero attached hydrogens (tertiary/aromatic N) is 3. The normalized spacial score (nSPS) is 17.7. The van der Waals surface area contributed by atoms with Gasteiger partial charge in [-0.2, -0.15) is 5.10 Å². The minimum Gasteiger partial charge on any atom is -0.336 e. The van der Waals surface area contributed by atoms with E-state index in [1.807, 2.05) is 58.1 Å². The lowest BCUT2D eigenvalue weighted by Crippen LogP contribution is -2.42. The number of fused-ring (bicyclic) bond motifs is 1. The van der Waals surface area contributed by atoms with E-state index in [1.165, 1.54) is 6.42 Å². The fourth-order valence-corrected chi connectivity index (χ4v) is 3.96. The van der Waals surface area contributed by atoms with Gasteiger partial charge in [-0.25, -0.2) is 4.52 Å². The van der Waals surface area contributed by atoms with Gasteiger partial charge in [-0.1, -0.05) is 43.3 Å². The maximum atomic E-state index is 12.9. The molecule has 3 aromatic rings. The number of likely N-dealkylation sites (tertiary alicyclic amines) is 1. The molecule has 0 N–H and O–H groups in total. The highest BCUT2D eigenvalue weighted by molar-refractivity contribution is 5.95. The first-order valence-corrected chi connectivity index (χ1v) is 9.79. The Hall–Kier alpha value is -2.88. The third-order valence-corrected chi connectivity index (χ3v) is 5.40. The number of hydrogen-bond acceptors (Lipinski definition) is 2. The van der Waals surface area contributed by atoms with Crippen molar-refractivity contribution in [1.82, 2.24) is 14.5 Å². The standard InChI is InChI=1S/C23H25N3O/c1-2-19-12-6-8-16-25(19)22(27)15-14-20-21-13-7-9-17-26(21)24-23(20)18-10-4-3-5-11-18/h3-5,7,9-11,13-15,17,19H,2,6,8,12,16H2,1H3/b15-14+/t19-/m0/s1. The summed E-state index contributed by atoms with van der Waals surface area (Å²) in [5.74, 6) is 0.107. The number of carbonyl (C=O) groups is 1. The van der Waals surface area contributed by atoms with Gasteiger partial charge >= 0.3 is 0 Å². The van der Waals surface area contributed by atoms with E-state index in [1.54, 1.807) is 6.08 Å². The lowest BCUT2D eigenvalue weighted by Gasteiger charge is -2.34. The summed E-state index contributed by atoms with van der Waals surface area (Å²) in [4.78, 5) is 14.9. The zero-order chi connectivity index (χ0) is 18.6. The van der Waals surface area contributed by atoms with Gasteiger partial charge in [0.2, 0.25) is 5.91 Å². The Morgan fingerprint density at radius 2 is 1.96 bits per heavy atom. The summed E-state index contributed by atoms with van der Waals surface area (Å²) in [6.45, 7) is 3.03. The van der Waals surface area contributed by atoms with Gasteiger partial charge in [0.15, 0.2) is 0 Å². The molecule has 1 aliphatic rings. The number of rotatable bonds is 4. The number of amides is 1. The van der Waals surface area contributed by atoms with Crippen LogP contribution in [0.15, 0.2) is 60.8 Å². The molecule has 1 aliphatic heterocycles. The first kappa shape index (κ1) is 17.5. The van der Waals surface area contributed by atoms with Gasteiger partial charge in [-0.05, 0) is 43.9 Å². The van der Waals surface area contributed by atoms with E-state index >= 15 is 0 Å². The van der Waals surface area contributed by atoms with E-state index in [2.05, 4.69) is 19.1 Å². The van der Waals surface area contributed by atoms with Crippen molar-refractivity contribution in [2.75, 3.05) is 6.54 Å². The number of piperidine rings is 1. The number of pyridine rings is 1. The SMILES string of the molecule is CC[C@H]1CCCCN1C(=O)/C=C/c1c(-c2ccccc2)nn2ccccc12. The van der Waals surface area contributed by atoms with Gasteiger partial charge in [-0.3, -0.25) is 4.79 Å². The van der Waals surface area contributed by atoms with Crippen molar-refractivity contribution in [3.05, 3.63) is 66.4 Å². The summed E-state index contributed by atoms with van der Waals surface area (Å²) in [6, 6.07) is 16.5. The second kappa shape index (κ2) is 7.78. The van der Waals surface area contributed by atoms with Crippen molar-refractivity contribution in [3.63, 3.8) is 0 Å². The molecule has 1 amide bonds. The number of carbonyl (C=O) groups excluding carboxylic acids is 1. The molecule has 4 nitrogen and oxygen atoms in total. The lowest BCUT2D eigenvalue weighted by atomic mass is 10.00. The third kappa shape index (κ3) is 3.52. The molecule has 1 fully saturated rings. The van der Waals surface area contributed by atoms with Crippen molar-refractivity contribution < 1.29 is 4.79 Å². The van der Waals surface area contributed by atoms with Gasteiger partial charge in [0.05, 0.1) is 5.52 Å². The van der Waals surface area contributed by atoms with Gasteiger partial charge in [-0.15, -0.1) is 0 Å². The molecule has 27 heavy (non-hydrogen) atoms. The topological polar surface area (TPSA) is 37.6 Å². The molecule has 2 aromatic heterocycles. The Morgan fingerprint density at radius 3 is 2.78 bits per heavy atom. The Morgan fingerprint density at radius 1 is 1.15 bits per heavy atom. The molecule has 0 unspecified atom stereocenters. The summed E-state index contributed by atoms with van der Waals surface area (Å²) >= 11 is 0. The molecule has 1 aromatic carbocycles. The Labute approximate surface area is 160 Å². The molecule has 0 saturated carbocycles. The van der Waals surface area contributed by atoms with E-state index in [-0.39, 0.29) is 5.91 Å². The van der Waals surface area contributed by atoms with Gasteiger partial charge in [0.1, 0.15) is 5.69 Å².